The number of nitrogens with one attached hydrogen (secondary N) is 1. The number of hydrogen-bond donors (Lipinski definition) is 2. The molecule has 1 aromatic heterocycles. The zero-order valence-corrected chi connectivity index (χ0v) is 18.6. The Morgan fingerprint density at radius 2 is 1.79 bits per heavy atom. The van der Waals surface area contributed by atoms with E-state index < -0.39 is 36.2 Å². The Morgan fingerprint density at radius 1 is 1.09 bits per heavy atom. The molecule has 0 radical (unpaired) electrons. The Kier molecular flexibility index (Phi) is 6.36. The monoisotopic (exact) mass is 488 g/mol. The molecule has 5 nitrogen and oxygen atoms in total. The molecule has 0 spiro atoms. The lowest BCUT2D eigenvalue weighted by Crippen LogP contribution is -2.41. The van der Waals surface area contributed by atoms with Gasteiger partial charge < -0.3 is 10.4 Å². The highest BCUT2D eigenvalue weighted by molar-refractivity contribution is 6.30. The molecule has 1 atom stereocenters. The zero-order chi connectivity index (χ0) is 24.5. The summed E-state index contributed by atoms with van der Waals surface area (Å²) in [6, 6.07) is 15.7. The number of aromatic nitrogens is 1. The molecule has 1 aliphatic carbocycles. The molecular formula is C25H20ClF3N2O3. The maximum Gasteiger partial charge on any atom is 0.390 e. The van der Waals surface area contributed by atoms with E-state index in [0.717, 1.165) is 11.4 Å². The molecule has 0 amide bonds. The molecule has 2 N–H and O–H groups in total. The minimum Gasteiger partial charge on any atom is -0.481 e. The maximum absolute atomic E-state index is 13.2. The number of aryl methyl sites for hydroxylation is 1. The third kappa shape index (κ3) is 5.22. The van der Waals surface area contributed by atoms with Crippen molar-refractivity contribution in [1.82, 2.24) is 4.98 Å². The molecule has 1 unspecified atom stereocenters. The number of fused-ring (bicyclic) bond motifs is 1. The molecule has 1 aliphatic rings. The van der Waals surface area contributed by atoms with Crippen LogP contribution in [0.5, 0.6) is 0 Å². The van der Waals surface area contributed by atoms with Crippen molar-refractivity contribution in [2.24, 2.45) is 5.41 Å². The average molecular weight is 489 g/mol. The van der Waals surface area contributed by atoms with Crippen LogP contribution in [0.2, 0.25) is 5.02 Å². The number of carbonyl (C=O) groups is 2. The summed E-state index contributed by atoms with van der Waals surface area (Å²) in [5, 5.41) is 13.0. The molecule has 0 aliphatic heterocycles. The zero-order valence-electron chi connectivity index (χ0n) is 17.8. The lowest BCUT2D eigenvalue weighted by atomic mass is 9.66. The molecule has 2 aromatic carbocycles. The van der Waals surface area contributed by atoms with E-state index in [0.29, 0.717) is 21.8 Å². The van der Waals surface area contributed by atoms with Crippen LogP contribution in [0.4, 0.5) is 24.5 Å². The first-order chi connectivity index (χ1) is 16.0. The van der Waals surface area contributed by atoms with Crippen LogP contribution in [0.25, 0.3) is 11.3 Å². The van der Waals surface area contributed by atoms with Crippen LogP contribution in [0, 0.1) is 5.41 Å². The molecule has 4 rings (SSSR count). The van der Waals surface area contributed by atoms with Crippen LogP contribution in [0.15, 0.2) is 60.8 Å². The van der Waals surface area contributed by atoms with Gasteiger partial charge in [-0.05, 0) is 60.9 Å². The first-order valence-corrected chi connectivity index (χ1v) is 10.9. The molecule has 1 heterocycles. The second-order valence-electron chi connectivity index (χ2n) is 8.41. The number of hydrogen-bond acceptors (Lipinski definition) is 4. The Bertz CT molecular complexity index is 1230. The molecular weight excluding hydrogens is 469 g/mol. The predicted molar refractivity (Wildman–Crippen MR) is 122 cm³/mol. The first kappa shape index (κ1) is 23.8. The van der Waals surface area contributed by atoms with Gasteiger partial charge in [-0.2, -0.15) is 13.2 Å². The van der Waals surface area contributed by atoms with E-state index in [2.05, 4.69) is 10.3 Å². The summed E-state index contributed by atoms with van der Waals surface area (Å²) in [4.78, 5) is 28.8. The minimum atomic E-state index is -4.64. The van der Waals surface area contributed by atoms with Crippen molar-refractivity contribution in [2.45, 2.75) is 31.9 Å². The van der Waals surface area contributed by atoms with E-state index in [-0.39, 0.29) is 18.4 Å². The number of alkyl halides is 3. The SMILES string of the molecule is O=C(O)CC1(CC(F)(F)F)CCc2cc(-c3ccc(Nc4ccc(Cl)cc4)cn3)ccc2C1=O. The summed E-state index contributed by atoms with van der Waals surface area (Å²) in [7, 11) is 0. The highest BCUT2D eigenvalue weighted by Gasteiger charge is 2.50. The molecule has 0 fully saturated rings. The number of carboxylic acid groups (broad SMARTS) is 1. The van der Waals surface area contributed by atoms with Gasteiger partial charge in [0.25, 0.3) is 0 Å². The number of anilines is 2. The Labute approximate surface area is 198 Å². The average Bonchev–Trinajstić information content (AvgIpc) is 2.77. The Hall–Kier alpha value is -3.39. The Balaban J connectivity index is 1.57. The maximum atomic E-state index is 13.2. The minimum absolute atomic E-state index is 0.140. The third-order valence-corrected chi connectivity index (χ3v) is 6.18. The fourth-order valence-electron chi connectivity index (χ4n) is 4.37. The van der Waals surface area contributed by atoms with E-state index >= 15 is 0 Å². The lowest BCUT2D eigenvalue weighted by Gasteiger charge is -2.36. The second kappa shape index (κ2) is 9.10. The summed E-state index contributed by atoms with van der Waals surface area (Å²) in [6.07, 6.45) is -5.30. The van der Waals surface area contributed by atoms with Gasteiger partial charge >= 0.3 is 12.1 Å². The Morgan fingerprint density at radius 3 is 2.41 bits per heavy atom. The highest BCUT2D eigenvalue weighted by Crippen LogP contribution is 2.46. The van der Waals surface area contributed by atoms with Crippen molar-refractivity contribution < 1.29 is 27.9 Å². The van der Waals surface area contributed by atoms with Crippen molar-refractivity contribution >= 4 is 34.7 Å². The summed E-state index contributed by atoms with van der Waals surface area (Å²) < 4.78 is 39.6. The van der Waals surface area contributed by atoms with E-state index in [4.69, 9.17) is 11.6 Å². The van der Waals surface area contributed by atoms with Gasteiger partial charge in [0.2, 0.25) is 0 Å². The van der Waals surface area contributed by atoms with Crippen molar-refractivity contribution in [2.75, 3.05) is 5.32 Å². The van der Waals surface area contributed by atoms with Gasteiger partial charge in [0.1, 0.15) is 0 Å². The van der Waals surface area contributed by atoms with E-state index in [1.807, 2.05) is 18.2 Å². The van der Waals surface area contributed by atoms with Gasteiger partial charge in [0.05, 0.1) is 35.8 Å². The number of nitrogens with zero attached hydrogens (tertiary/aromatic N) is 1. The lowest BCUT2D eigenvalue weighted by molar-refractivity contribution is -0.160. The number of pyridine rings is 1. The van der Waals surface area contributed by atoms with Gasteiger partial charge in [-0.15, -0.1) is 0 Å². The molecule has 176 valence electrons. The number of Topliss-reactive ketones (excluding diaryl/α,β-unsaturated/α-hetero) is 1. The highest BCUT2D eigenvalue weighted by atomic mass is 35.5. The number of halogens is 4. The van der Waals surface area contributed by atoms with E-state index in [1.165, 1.54) is 6.07 Å². The van der Waals surface area contributed by atoms with Crippen LogP contribution in [0.3, 0.4) is 0 Å². The molecule has 0 bridgehead atoms. The molecule has 3 aromatic rings. The van der Waals surface area contributed by atoms with Crippen LogP contribution >= 0.6 is 11.6 Å². The number of aliphatic carboxylic acids is 1. The normalized spacial score (nSPS) is 17.8. The standard InChI is InChI=1S/C25H20ClF3N2O3/c26-17-2-4-18(5-3-17)31-19-6-8-21(30-13-19)16-1-7-20-15(11-16)9-10-24(23(20)34,12-22(32)33)14-25(27,28)29/h1-8,11,13,31H,9-10,12,14H2,(H,32,33). The molecule has 0 saturated carbocycles. The van der Waals surface area contributed by atoms with Gasteiger partial charge in [-0.25, -0.2) is 0 Å². The predicted octanol–water partition coefficient (Wildman–Crippen LogP) is 6.69. The van der Waals surface area contributed by atoms with Crippen LogP contribution in [0.1, 0.15) is 35.2 Å². The summed E-state index contributed by atoms with van der Waals surface area (Å²) in [5.74, 6) is -2.19. The number of ketones is 1. The van der Waals surface area contributed by atoms with Gasteiger partial charge in [0.15, 0.2) is 5.78 Å². The topological polar surface area (TPSA) is 79.3 Å². The fraction of sp³-hybridized carbons (Fsp3) is 0.240. The largest absolute Gasteiger partial charge is 0.481 e. The van der Waals surface area contributed by atoms with Crippen molar-refractivity contribution in [3.05, 3.63) is 76.9 Å². The number of rotatable bonds is 6. The van der Waals surface area contributed by atoms with E-state index in [9.17, 15) is 27.9 Å². The van der Waals surface area contributed by atoms with Crippen molar-refractivity contribution in [1.29, 1.82) is 0 Å². The van der Waals surface area contributed by atoms with Gasteiger partial charge in [-0.1, -0.05) is 23.7 Å². The first-order valence-electron chi connectivity index (χ1n) is 10.5. The second-order valence-corrected chi connectivity index (χ2v) is 8.84. The third-order valence-electron chi connectivity index (χ3n) is 5.93. The molecule has 34 heavy (non-hydrogen) atoms. The van der Waals surface area contributed by atoms with Crippen LogP contribution in [-0.2, 0) is 11.2 Å². The summed E-state index contributed by atoms with van der Waals surface area (Å²) in [6.45, 7) is 0. The smallest absolute Gasteiger partial charge is 0.390 e. The summed E-state index contributed by atoms with van der Waals surface area (Å²) >= 11 is 5.89. The summed E-state index contributed by atoms with van der Waals surface area (Å²) in [5.41, 5.74) is 1.70. The quantitative estimate of drug-likeness (QED) is 0.404. The van der Waals surface area contributed by atoms with Crippen molar-refractivity contribution in [3.63, 3.8) is 0 Å². The molecule has 9 heteroatoms. The van der Waals surface area contributed by atoms with Crippen molar-refractivity contribution in [3.8, 4) is 11.3 Å². The number of carboxylic acids is 1. The van der Waals surface area contributed by atoms with Gasteiger partial charge in [-0.3, -0.25) is 14.6 Å². The number of carbonyl (C=O) groups excluding carboxylic acids is 1. The fourth-order valence-corrected chi connectivity index (χ4v) is 4.49. The van der Waals surface area contributed by atoms with Crippen LogP contribution < -0.4 is 5.32 Å². The van der Waals surface area contributed by atoms with Gasteiger partial charge in [0, 0.05) is 21.8 Å². The molecule has 0 saturated heterocycles. The van der Waals surface area contributed by atoms with E-state index in [1.54, 1.807) is 36.5 Å². The van der Waals surface area contributed by atoms with Crippen LogP contribution in [-0.4, -0.2) is 28.0 Å². The number of benzene rings is 2.